The average molecular weight is 503 g/mol. The van der Waals surface area contributed by atoms with Gasteiger partial charge in [-0.1, -0.05) is 48.5 Å². The average Bonchev–Trinajstić information content (AvgIpc) is 3.39. The fourth-order valence-corrected chi connectivity index (χ4v) is 5.51. The molecule has 2 unspecified atom stereocenters. The highest BCUT2D eigenvalue weighted by atomic mass is 15.2. The van der Waals surface area contributed by atoms with E-state index >= 15 is 0 Å². The third-order valence-electron chi connectivity index (χ3n) is 7.60. The van der Waals surface area contributed by atoms with Gasteiger partial charge in [-0.15, -0.1) is 0 Å². The summed E-state index contributed by atoms with van der Waals surface area (Å²) in [4.78, 5) is 20.1. The number of imidazole rings is 1. The highest BCUT2D eigenvalue weighted by Crippen LogP contribution is 2.34. The van der Waals surface area contributed by atoms with Gasteiger partial charge in [-0.3, -0.25) is 14.9 Å². The van der Waals surface area contributed by atoms with Crippen molar-refractivity contribution in [3.05, 3.63) is 125 Å². The zero-order valence-electron chi connectivity index (χ0n) is 21.8. The van der Waals surface area contributed by atoms with Gasteiger partial charge in [-0.2, -0.15) is 0 Å². The molecule has 3 aromatic heterocycles. The number of benzene rings is 2. The van der Waals surface area contributed by atoms with Crippen LogP contribution in [0.2, 0.25) is 0 Å². The first kappa shape index (κ1) is 24.5. The van der Waals surface area contributed by atoms with Gasteiger partial charge in [0, 0.05) is 37.7 Å². The Hall–Kier alpha value is -3.87. The van der Waals surface area contributed by atoms with Crippen molar-refractivity contribution in [3.8, 4) is 0 Å². The van der Waals surface area contributed by atoms with E-state index in [4.69, 9.17) is 9.97 Å². The van der Waals surface area contributed by atoms with E-state index in [1.54, 1.807) is 0 Å². The summed E-state index contributed by atoms with van der Waals surface area (Å²) in [7, 11) is 0. The van der Waals surface area contributed by atoms with Crippen LogP contribution in [0.15, 0.2) is 91.4 Å². The Morgan fingerprint density at radius 3 is 2.63 bits per heavy atom. The molecule has 0 radical (unpaired) electrons. The van der Waals surface area contributed by atoms with Crippen LogP contribution in [0.1, 0.15) is 65.6 Å². The number of hydrogen-bond acceptors (Lipinski definition) is 5. The first-order valence-corrected chi connectivity index (χ1v) is 13.6. The Morgan fingerprint density at radius 1 is 0.947 bits per heavy atom. The Bertz CT molecular complexity index is 1440. The summed E-state index contributed by atoms with van der Waals surface area (Å²) in [5, 5.41) is 3.61. The minimum absolute atomic E-state index is 0.251. The number of rotatable bonds is 9. The first-order chi connectivity index (χ1) is 18.7. The van der Waals surface area contributed by atoms with Crippen molar-refractivity contribution in [2.45, 2.75) is 57.9 Å². The molecule has 1 aliphatic rings. The second-order valence-electron chi connectivity index (χ2n) is 10.3. The maximum Gasteiger partial charge on any atom is 0.121 e. The van der Waals surface area contributed by atoms with Crippen molar-refractivity contribution in [1.82, 2.24) is 30.2 Å². The predicted octanol–water partition coefficient (Wildman–Crippen LogP) is 6.28. The summed E-state index contributed by atoms with van der Waals surface area (Å²) in [5.74, 6) is 1.000. The summed E-state index contributed by atoms with van der Waals surface area (Å²) in [6.45, 7) is 4.59. The van der Waals surface area contributed by atoms with E-state index in [0.717, 1.165) is 49.3 Å². The van der Waals surface area contributed by atoms with Crippen LogP contribution in [0, 0.1) is 0 Å². The van der Waals surface area contributed by atoms with Gasteiger partial charge in [-0.05, 0) is 72.7 Å². The molecule has 2 atom stereocenters. The summed E-state index contributed by atoms with van der Waals surface area (Å²) in [6, 6.07) is 26.2. The van der Waals surface area contributed by atoms with Crippen LogP contribution in [0.5, 0.6) is 0 Å². The molecule has 6 heteroatoms. The monoisotopic (exact) mass is 502 g/mol. The Balaban J connectivity index is 1.20. The molecule has 5 aromatic rings. The summed E-state index contributed by atoms with van der Waals surface area (Å²) < 4.78 is 0. The minimum Gasteiger partial charge on any atom is -0.341 e. The normalized spacial score (nSPS) is 16.0. The number of aromatic amines is 1. The van der Waals surface area contributed by atoms with Crippen molar-refractivity contribution in [1.29, 1.82) is 0 Å². The number of pyridine rings is 2. The maximum atomic E-state index is 4.89. The number of aromatic nitrogens is 4. The predicted molar refractivity (Wildman–Crippen MR) is 151 cm³/mol. The quantitative estimate of drug-likeness (QED) is 0.248. The van der Waals surface area contributed by atoms with E-state index in [1.165, 1.54) is 34.4 Å². The fourth-order valence-electron chi connectivity index (χ4n) is 5.51. The number of para-hydroxylation sites is 2. The lowest BCUT2D eigenvalue weighted by atomic mass is 9.90. The number of H-pyrrole nitrogens is 1. The van der Waals surface area contributed by atoms with Crippen molar-refractivity contribution in [2.24, 2.45) is 0 Å². The molecule has 0 aliphatic heterocycles. The lowest BCUT2D eigenvalue weighted by Gasteiger charge is -2.34. The van der Waals surface area contributed by atoms with Gasteiger partial charge in [-0.25, -0.2) is 4.98 Å². The molecule has 192 valence electrons. The molecule has 2 aromatic carbocycles. The van der Waals surface area contributed by atoms with Crippen LogP contribution >= 0.6 is 0 Å². The molecule has 0 saturated heterocycles. The van der Waals surface area contributed by atoms with Gasteiger partial charge in [0.2, 0.25) is 0 Å². The second-order valence-corrected chi connectivity index (χ2v) is 10.3. The van der Waals surface area contributed by atoms with Gasteiger partial charge in [0.15, 0.2) is 0 Å². The molecule has 0 bridgehead atoms. The van der Waals surface area contributed by atoms with Gasteiger partial charge in [0.25, 0.3) is 0 Å². The number of fused-ring (bicyclic) bond motifs is 2. The molecule has 6 nitrogen and oxygen atoms in total. The zero-order chi connectivity index (χ0) is 25.7. The fraction of sp³-hybridized carbons (Fsp3) is 0.281. The van der Waals surface area contributed by atoms with Crippen LogP contribution in [0.25, 0.3) is 11.0 Å². The van der Waals surface area contributed by atoms with Crippen LogP contribution in [-0.4, -0.2) is 24.8 Å². The summed E-state index contributed by atoms with van der Waals surface area (Å²) >= 11 is 0. The smallest absolute Gasteiger partial charge is 0.121 e. The van der Waals surface area contributed by atoms with Gasteiger partial charge in [0.05, 0.1) is 29.3 Å². The molecule has 6 rings (SSSR count). The zero-order valence-corrected chi connectivity index (χ0v) is 21.8. The molecule has 2 N–H and O–H groups in total. The third kappa shape index (κ3) is 5.52. The molecule has 3 heterocycles. The summed E-state index contributed by atoms with van der Waals surface area (Å²) in [5.41, 5.74) is 8.48. The molecule has 0 fully saturated rings. The molecule has 0 saturated carbocycles. The standard InChI is InChI=1S/C32H34N6/c1-23(27-9-5-17-33-20-27)35-19-24-13-15-25(16-14-24)21-38(22-31-36-28-10-2-3-11-29(28)37-31)30-12-4-7-26-8-6-18-34-32(26)30/h2-3,5-6,8-11,13-18,20,23,30,35H,4,7,12,19,21-22H2,1H3,(H,36,37). The Kier molecular flexibility index (Phi) is 7.25. The SMILES string of the molecule is CC(NCc1ccc(CN(Cc2nc3ccccc3[nH]2)C2CCCc3cccnc32)cc1)c1cccnc1. The molecule has 38 heavy (non-hydrogen) atoms. The van der Waals surface area contributed by atoms with Crippen LogP contribution in [0.3, 0.4) is 0 Å². The van der Waals surface area contributed by atoms with Crippen LogP contribution in [0.4, 0.5) is 0 Å². The van der Waals surface area contributed by atoms with E-state index in [-0.39, 0.29) is 12.1 Å². The van der Waals surface area contributed by atoms with Crippen molar-refractivity contribution < 1.29 is 0 Å². The van der Waals surface area contributed by atoms with E-state index in [0.29, 0.717) is 0 Å². The molecular formula is C32H34N6. The van der Waals surface area contributed by atoms with Crippen molar-refractivity contribution in [2.75, 3.05) is 0 Å². The molecule has 0 spiro atoms. The van der Waals surface area contributed by atoms with Crippen LogP contribution < -0.4 is 5.32 Å². The van der Waals surface area contributed by atoms with Gasteiger partial charge in [0.1, 0.15) is 5.82 Å². The van der Waals surface area contributed by atoms with E-state index in [1.807, 2.05) is 30.7 Å². The highest BCUT2D eigenvalue weighted by molar-refractivity contribution is 5.74. The summed E-state index contributed by atoms with van der Waals surface area (Å²) in [6.07, 6.45) is 9.07. The highest BCUT2D eigenvalue weighted by Gasteiger charge is 2.28. The van der Waals surface area contributed by atoms with E-state index in [9.17, 15) is 0 Å². The van der Waals surface area contributed by atoms with Gasteiger partial charge < -0.3 is 10.3 Å². The molecule has 0 amide bonds. The van der Waals surface area contributed by atoms with Crippen LogP contribution in [-0.2, 0) is 26.1 Å². The number of aryl methyl sites for hydroxylation is 1. The minimum atomic E-state index is 0.251. The number of nitrogens with one attached hydrogen (secondary N) is 2. The lowest BCUT2D eigenvalue weighted by Crippen LogP contribution is -2.31. The molecular weight excluding hydrogens is 468 g/mol. The number of nitrogens with zero attached hydrogens (tertiary/aromatic N) is 4. The number of hydrogen-bond donors (Lipinski definition) is 2. The largest absolute Gasteiger partial charge is 0.341 e. The topological polar surface area (TPSA) is 69.7 Å². The lowest BCUT2D eigenvalue weighted by molar-refractivity contribution is 0.153. The second kappa shape index (κ2) is 11.3. The van der Waals surface area contributed by atoms with Crippen molar-refractivity contribution >= 4 is 11.0 Å². The maximum absolute atomic E-state index is 4.89. The molecule has 1 aliphatic carbocycles. The third-order valence-corrected chi connectivity index (χ3v) is 7.60. The van der Waals surface area contributed by atoms with E-state index < -0.39 is 0 Å². The Labute approximate surface area is 224 Å². The van der Waals surface area contributed by atoms with Gasteiger partial charge >= 0.3 is 0 Å². The first-order valence-electron chi connectivity index (χ1n) is 13.6. The Morgan fingerprint density at radius 2 is 1.79 bits per heavy atom. The van der Waals surface area contributed by atoms with Crippen molar-refractivity contribution in [3.63, 3.8) is 0 Å². The van der Waals surface area contributed by atoms with E-state index in [2.05, 4.69) is 87.8 Å².